The molecule has 0 spiro atoms. The van der Waals surface area contributed by atoms with E-state index in [0.717, 1.165) is 16.7 Å². The van der Waals surface area contributed by atoms with Crippen LogP contribution in [0.4, 0.5) is 0 Å². The lowest BCUT2D eigenvalue weighted by Crippen LogP contribution is -1.91. The zero-order valence-electron chi connectivity index (χ0n) is 8.20. The first-order valence-electron chi connectivity index (χ1n) is 4.32. The molecule has 0 saturated carbocycles. The van der Waals surface area contributed by atoms with Crippen molar-refractivity contribution in [3.63, 3.8) is 0 Å². The number of aldehydes is 1. The molecular weight excluding hydrogens is 180 g/mol. The molecule has 2 heteroatoms. The SMILES string of the molecule is CSc1ccc(C(C)C)cc1C=O. The van der Waals surface area contributed by atoms with Crippen molar-refractivity contribution in [1.82, 2.24) is 0 Å². The van der Waals surface area contributed by atoms with Crippen molar-refractivity contribution in [1.29, 1.82) is 0 Å². The molecule has 0 N–H and O–H groups in total. The molecule has 70 valence electrons. The fourth-order valence-electron chi connectivity index (χ4n) is 1.20. The normalized spacial score (nSPS) is 10.5. The van der Waals surface area contributed by atoms with Crippen molar-refractivity contribution in [3.05, 3.63) is 29.3 Å². The monoisotopic (exact) mass is 194 g/mol. The fraction of sp³-hybridized carbons (Fsp3) is 0.364. The summed E-state index contributed by atoms with van der Waals surface area (Å²) < 4.78 is 0. The summed E-state index contributed by atoms with van der Waals surface area (Å²) in [7, 11) is 0. The Labute approximate surface area is 83.5 Å². The molecule has 0 aromatic heterocycles. The minimum atomic E-state index is 0.481. The first-order valence-corrected chi connectivity index (χ1v) is 5.54. The fourth-order valence-corrected chi connectivity index (χ4v) is 1.75. The highest BCUT2D eigenvalue weighted by Gasteiger charge is 2.04. The quantitative estimate of drug-likeness (QED) is 0.542. The molecule has 1 aromatic rings. The molecule has 0 unspecified atom stereocenters. The first-order chi connectivity index (χ1) is 6.19. The van der Waals surface area contributed by atoms with Crippen LogP contribution < -0.4 is 0 Å². The van der Waals surface area contributed by atoms with Gasteiger partial charge in [0.2, 0.25) is 0 Å². The molecule has 0 heterocycles. The second-order valence-electron chi connectivity index (χ2n) is 3.27. The number of rotatable bonds is 3. The Balaban J connectivity index is 3.13. The van der Waals surface area contributed by atoms with E-state index >= 15 is 0 Å². The van der Waals surface area contributed by atoms with Crippen LogP contribution in [0.15, 0.2) is 23.1 Å². The third-order valence-electron chi connectivity index (χ3n) is 2.05. The van der Waals surface area contributed by atoms with E-state index in [1.807, 2.05) is 18.4 Å². The molecule has 0 fully saturated rings. The van der Waals surface area contributed by atoms with Crippen LogP contribution in [0, 0.1) is 0 Å². The van der Waals surface area contributed by atoms with Crippen LogP contribution in [0.1, 0.15) is 35.7 Å². The molecule has 0 saturated heterocycles. The molecule has 0 aliphatic rings. The summed E-state index contributed by atoms with van der Waals surface area (Å²) in [5.41, 5.74) is 2.03. The van der Waals surface area contributed by atoms with E-state index in [9.17, 15) is 4.79 Å². The highest BCUT2D eigenvalue weighted by molar-refractivity contribution is 7.98. The molecule has 0 atom stereocenters. The van der Waals surface area contributed by atoms with Crippen LogP contribution >= 0.6 is 11.8 Å². The van der Waals surface area contributed by atoms with E-state index in [0.29, 0.717) is 5.92 Å². The Kier molecular flexibility index (Phi) is 3.55. The molecule has 1 aromatic carbocycles. The molecule has 0 bridgehead atoms. The van der Waals surface area contributed by atoms with E-state index in [-0.39, 0.29) is 0 Å². The summed E-state index contributed by atoms with van der Waals surface area (Å²) in [6, 6.07) is 6.08. The molecule has 0 aliphatic carbocycles. The second kappa shape index (κ2) is 4.47. The van der Waals surface area contributed by atoms with Gasteiger partial charge >= 0.3 is 0 Å². The zero-order valence-corrected chi connectivity index (χ0v) is 9.02. The summed E-state index contributed by atoms with van der Waals surface area (Å²) in [5.74, 6) is 0.481. The maximum atomic E-state index is 10.7. The van der Waals surface area contributed by atoms with Gasteiger partial charge in [-0.2, -0.15) is 0 Å². The largest absolute Gasteiger partial charge is 0.298 e. The van der Waals surface area contributed by atoms with Gasteiger partial charge in [0.25, 0.3) is 0 Å². The van der Waals surface area contributed by atoms with Gasteiger partial charge in [0.15, 0.2) is 6.29 Å². The molecule has 0 radical (unpaired) electrons. The second-order valence-corrected chi connectivity index (χ2v) is 4.12. The lowest BCUT2D eigenvalue weighted by molar-refractivity contribution is 0.112. The minimum Gasteiger partial charge on any atom is -0.298 e. The average molecular weight is 194 g/mol. The summed E-state index contributed by atoms with van der Waals surface area (Å²) in [6.45, 7) is 4.26. The van der Waals surface area contributed by atoms with Gasteiger partial charge in [0.05, 0.1) is 0 Å². The van der Waals surface area contributed by atoms with Crippen LogP contribution in [0.25, 0.3) is 0 Å². The van der Waals surface area contributed by atoms with Crippen molar-refractivity contribution < 1.29 is 4.79 Å². The van der Waals surface area contributed by atoms with Gasteiger partial charge in [-0.1, -0.05) is 19.9 Å². The number of benzene rings is 1. The highest BCUT2D eigenvalue weighted by atomic mass is 32.2. The van der Waals surface area contributed by atoms with Crippen LogP contribution in [0.3, 0.4) is 0 Å². The number of carbonyl (C=O) groups is 1. The molecule has 1 nitrogen and oxygen atoms in total. The van der Waals surface area contributed by atoms with Crippen LogP contribution in [-0.2, 0) is 0 Å². The van der Waals surface area contributed by atoms with E-state index < -0.39 is 0 Å². The Bertz CT molecular complexity index is 305. The van der Waals surface area contributed by atoms with Gasteiger partial charge < -0.3 is 0 Å². The number of thioether (sulfide) groups is 1. The Hall–Kier alpha value is -0.760. The van der Waals surface area contributed by atoms with Crippen molar-refractivity contribution in [2.24, 2.45) is 0 Å². The van der Waals surface area contributed by atoms with E-state index in [1.54, 1.807) is 11.8 Å². The summed E-state index contributed by atoms with van der Waals surface area (Å²) in [6.07, 6.45) is 2.91. The van der Waals surface area contributed by atoms with Crippen molar-refractivity contribution >= 4 is 18.0 Å². The molecule has 0 aliphatic heterocycles. The van der Waals surface area contributed by atoms with Gasteiger partial charge in [-0.3, -0.25) is 4.79 Å². The van der Waals surface area contributed by atoms with E-state index in [4.69, 9.17) is 0 Å². The maximum absolute atomic E-state index is 10.7. The van der Waals surface area contributed by atoms with Crippen LogP contribution in [-0.4, -0.2) is 12.5 Å². The molecular formula is C11H14OS. The van der Waals surface area contributed by atoms with E-state index in [1.165, 1.54) is 5.56 Å². The molecule has 1 rings (SSSR count). The third kappa shape index (κ3) is 2.34. The molecule has 13 heavy (non-hydrogen) atoms. The lowest BCUT2D eigenvalue weighted by atomic mass is 10.0. The van der Waals surface area contributed by atoms with Gasteiger partial charge in [0.1, 0.15) is 0 Å². The highest BCUT2D eigenvalue weighted by Crippen LogP contribution is 2.23. The third-order valence-corrected chi connectivity index (χ3v) is 2.86. The standard InChI is InChI=1S/C11H14OS/c1-8(2)9-4-5-11(13-3)10(6-9)7-12/h4-8H,1-3H3. The summed E-state index contributed by atoms with van der Waals surface area (Å²) in [5, 5.41) is 0. The van der Waals surface area contributed by atoms with Gasteiger partial charge in [-0.15, -0.1) is 11.8 Å². The average Bonchev–Trinajstić information content (AvgIpc) is 2.16. The van der Waals surface area contributed by atoms with E-state index in [2.05, 4.69) is 19.9 Å². The summed E-state index contributed by atoms with van der Waals surface area (Å²) in [4.78, 5) is 11.8. The molecule has 0 amide bonds. The number of hydrogen-bond donors (Lipinski definition) is 0. The Morgan fingerprint density at radius 3 is 2.54 bits per heavy atom. The summed E-state index contributed by atoms with van der Waals surface area (Å²) >= 11 is 1.61. The maximum Gasteiger partial charge on any atom is 0.151 e. The lowest BCUT2D eigenvalue weighted by Gasteiger charge is -2.07. The topological polar surface area (TPSA) is 17.1 Å². The first kappa shape index (κ1) is 10.3. The predicted octanol–water partition coefficient (Wildman–Crippen LogP) is 3.34. The minimum absolute atomic E-state index is 0.481. The Morgan fingerprint density at radius 1 is 1.38 bits per heavy atom. The van der Waals surface area contributed by atoms with Crippen molar-refractivity contribution in [2.45, 2.75) is 24.7 Å². The smallest absolute Gasteiger partial charge is 0.151 e. The predicted molar refractivity (Wildman–Crippen MR) is 57.7 cm³/mol. The Morgan fingerprint density at radius 2 is 2.08 bits per heavy atom. The zero-order chi connectivity index (χ0) is 9.84. The number of hydrogen-bond acceptors (Lipinski definition) is 2. The van der Waals surface area contributed by atoms with Gasteiger partial charge in [-0.05, 0) is 29.9 Å². The number of carbonyl (C=O) groups excluding carboxylic acids is 1. The van der Waals surface area contributed by atoms with Crippen molar-refractivity contribution in [3.8, 4) is 0 Å². The van der Waals surface area contributed by atoms with Crippen LogP contribution in [0.2, 0.25) is 0 Å². The van der Waals surface area contributed by atoms with Crippen molar-refractivity contribution in [2.75, 3.05) is 6.26 Å². The van der Waals surface area contributed by atoms with Crippen LogP contribution in [0.5, 0.6) is 0 Å². The van der Waals surface area contributed by atoms with Gasteiger partial charge in [-0.25, -0.2) is 0 Å². The van der Waals surface area contributed by atoms with Gasteiger partial charge in [0, 0.05) is 10.5 Å².